The Kier molecular flexibility index (Phi) is 1.54. The minimum atomic E-state index is -0.333. The zero-order valence-corrected chi connectivity index (χ0v) is 8.69. The maximum Gasteiger partial charge on any atom is 0.318 e. The van der Waals surface area contributed by atoms with Gasteiger partial charge in [0.05, 0.1) is 11.8 Å². The average Bonchev–Trinajstić information content (AvgIpc) is 2.77. The van der Waals surface area contributed by atoms with Gasteiger partial charge in [-0.3, -0.25) is 9.59 Å². The van der Waals surface area contributed by atoms with Crippen molar-refractivity contribution < 1.29 is 14.3 Å². The molecule has 1 saturated heterocycles. The van der Waals surface area contributed by atoms with Gasteiger partial charge in [0.2, 0.25) is 0 Å². The Morgan fingerprint density at radius 1 is 1.07 bits per heavy atom. The quantitative estimate of drug-likeness (QED) is 0.341. The molecule has 15 heavy (non-hydrogen) atoms. The third-order valence-electron chi connectivity index (χ3n) is 3.73. The van der Waals surface area contributed by atoms with Gasteiger partial charge in [-0.25, -0.2) is 0 Å². The van der Waals surface area contributed by atoms with Crippen LogP contribution in [-0.4, -0.2) is 11.9 Å². The van der Waals surface area contributed by atoms with Gasteiger partial charge in [0.15, 0.2) is 0 Å². The Morgan fingerprint density at radius 3 is 1.93 bits per heavy atom. The minimum Gasteiger partial charge on any atom is -0.393 e. The number of rotatable bonds is 0. The van der Waals surface area contributed by atoms with Crippen molar-refractivity contribution in [2.24, 2.45) is 23.7 Å². The van der Waals surface area contributed by atoms with Crippen molar-refractivity contribution in [1.29, 1.82) is 0 Å². The van der Waals surface area contributed by atoms with Gasteiger partial charge in [0.1, 0.15) is 0 Å². The number of hydrogen-bond acceptors (Lipinski definition) is 3. The SMILES string of the molecule is CC(C)=C1C2C=C[C@@H]1C1C(=O)OC(=O)C21. The van der Waals surface area contributed by atoms with E-state index in [1.807, 2.05) is 26.0 Å². The molecule has 3 unspecified atom stereocenters. The van der Waals surface area contributed by atoms with Crippen molar-refractivity contribution in [1.82, 2.24) is 0 Å². The van der Waals surface area contributed by atoms with E-state index in [0.717, 1.165) is 0 Å². The second-order valence-corrected chi connectivity index (χ2v) is 4.68. The van der Waals surface area contributed by atoms with E-state index in [2.05, 4.69) is 0 Å². The molecule has 4 atom stereocenters. The van der Waals surface area contributed by atoms with Crippen LogP contribution >= 0.6 is 0 Å². The van der Waals surface area contributed by atoms with Crippen molar-refractivity contribution in [3.05, 3.63) is 23.3 Å². The van der Waals surface area contributed by atoms with E-state index in [-0.39, 0.29) is 35.6 Å². The first-order valence-corrected chi connectivity index (χ1v) is 5.22. The van der Waals surface area contributed by atoms with Gasteiger partial charge in [-0.05, 0) is 13.8 Å². The zero-order chi connectivity index (χ0) is 10.7. The van der Waals surface area contributed by atoms with E-state index in [1.54, 1.807) is 0 Å². The molecule has 0 aromatic rings. The van der Waals surface area contributed by atoms with Gasteiger partial charge >= 0.3 is 11.9 Å². The Labute approximate surface area is 87.8 Å². The van der Waals surface area contributed by atoms with Crippen LogP contribution in [0.2, 0.25) is 0 Å². The summed E-state index contributed by atoms with van der Waals surface area (Å²) in [5, 5.41) is 0. The third-order valence-corrected chi connectivity index (χ3v) is 3.73. The number of carbonyl (C=O) groups excluding carboxylic acids is 2. The second kappa shape index (κ2) is 2.60. The monoisotopic (exact) mass is 204 g/mol. The van der Waals surface area contributed by atoms with Crippen LogP contribution in [0.4, 0.5) is 0 Å². The molecular weight excluding hydrogens is 192 g/mol. The van der Waals surface area contributed by atoms with Crippen molar-refractivity contribution in [2.45, 2.75) is 13.8 Å². The van der Waals surface area contributed by atoms with Crippen LogP contribution in [0.25, 0.3) is 0 Å². The minimum absolute atomic E-state index is 0.115. The molecule has 0 radical (unpaired) electrons. The standard InChI is InChI=1S/C12H12O3/c1-5(2)8-6-3-4-7(8)10-9(6)11(13)15-12(10)14/h3-4,6-7,9-10H,1-2H3/t6-,7?,9?,10?/m0/s1. The summed E-state index contributed by atoms with van der Waals surface area (Å²) in [6, 6.07) is 0. The Balaban J connectivity index is 2.13. The molecule has 2 bridgehead atoms. The van der Waals surface area contributed by atoms with Gasteiger partial charge in [-0.2, -0.15) is 0 Å². The molecule has 3 aliphatic rings. The van der Waals surface area contributed by atoms with Gasteiger partial charge in [0, 0.05) is 11.8 Å². The van der Waals surface area contributed by atoms with Gasteiger partial charge in [-0.1, -0.05) is 23.3 Å². The van der Waals surface area contributed by atoms with Gasteiger partial charge in [-0.15, -0.1) is 0 Å². The predicted octanol–water partition coefficient (Wildman–Crippen LogP) is 1.45. The fraction of sp³-hybridized carbons (Fsp3) is 0.500. The summed E-state index contributed by atoms with van der Waals surface area (Å²) in [4.78, 5) is 23.0. The topological polar surface area (TPSA) is 43.4 Å². The Bertz CT molecular complexity index is 394. The van der Waals surface area contributed by atoms with Crippen molar-refractivity contribution in [3.63, 3.8) is 0 Å². The molecule has 3 rings (SSSR count). The van der Waals surface area contributed by atoms with E-state index < -0.39 is 0 Å². The molecule has 3 heteroatoms. The molecule has 3 nitrogen and oxygen atoms in total. The Morgan fingerprint density at radius 2 is 1.53 bits per heavy atom. The number of ether oxygens (including phenoxy) is 1. The molecule has 78 valence electrons. The first kappa shape index (κ1) is 8.89. The lowest BCUT2D eigenvalue weighted by molar-refractivity contribution is -0.154. The third kappa shape index (κ3) is 0.907. The number of esters is 2. The van der Waals surface area contributed by atoms with E-state index >= 15 is 0 Å². The zero-order valence-electron chi connectivity index (χ0n) is 8.69. The molecule has 0 aromatic heterocycles. The fourth-order valence-electron chi connectivity index (χ4n) is 3.23. The molecule has 1 aliphatic heterocycles. The highest BCUT2D eigenvalue weighted by molar-refractivity contribution is 5.99. The maximum atomic E-state index is 11.5. The molecule has 0 amide bonds. The molecule has 2 fully saturated rings. The summed E-state index contributed by atoms with van der Waals surface area (Å²) in [6.45, 7) is 4.08. The fourth-order valence-corrected chi connectivity index (χ4v) is 3.23. The maximum absolute atomic E-state index is 11.5. The van der Waals surface area contributed by atoms with Crippen molar-refractivity contribution in [2.75, 3.05) is 0 Å². The number of carbonyl (C=O) groups is 2. The summed E-state index contributed by atoms with van der Waals surface area (Å²) in [5.74, 6) is -0.913. The highest BCUT2D eigenvalue weighted by Crippen LogP contribution is 2.55. The van der Waals surface area contributed by atoms with Gasteiger partial charge in [0.25, 0.3) is 0 Å². The Hall–Kier alpha value is -1.38. The summed E-state index contributed by atoms with van der Waals surface area (Å²) in [6.07, 6.45) is 4.10. The first-order valence-electron chi connectivity index (χ1n) is 5.22. The van der Waals surface area contributed by atoms with E-state index in [1.165, 1.54) is 11.1 Å². The van der Waals surface area contributed by atoms with Crippen molar-refractivity contribution >= 4 is 11.9 Å². The van der Waals surface area contributed by atoms with E-state index in [4.69, 9.17) is 4.74 Å². The molecule has 0 N–H and O–H groups in total. The molecule has 0 spiro atoms. The summed E-state index contributed by atoms with van der Waals surface area (Å²) in [5.41, 5.74) is 2.49. The van der Waals surface area contributed by atoms with Crippen LogP contribution in [0.15, 0.2) is 23.3 Å². The highest BCUT2D eigenvalue weighted by atomic mass is 16.6. The number of cyclic esters (lactones) is 2. The highest BCUT2D eigenvalue weighted by Gasteiger charge is 2.60. The average molecular weight is 204 g/mol. The molecule has 0 aromatic carbocycles. The lowest BCUT2D eigenvalue weighted by atomic mass is 9.85. The number of hydrogen-bond donors (Lipinski definition) is 0. The van der Waals surface area contributed by atoms with Crippen LogP contribution in [0.1, 0.15) is 13.8 Å². The largest absolute Gasteiger partial charge is 0.393 e. The second-order valence-electron chi connectivity index (χ2n) is 4.68. The first-order chi connectivity index (χ1) is 7.11. The van der Waals surface area contributed by atoms with Crippen LogP contribution in [0.5, 0.6) is 0 Å². The molecular formula is C12H12O3. The predicted molar refractivity (Wildman–Crippen MR) is 52.6 cm³/mol. The molecule has 1 saturated carbocycles. The normalized spacial score (nSPS) is 41.1. The van der Waals surface area contributed by atoms with Crippen LogP contribution in [0, 0.1) is 23.7 Å². The van der Waals surface area contributed by atoms with E-state index in [0.29, 0.717) is 0 Å². The number of fused-ring (bicyclic) bond motifs is 5. The summed E-state index contributed by atoms with van der Waals surface area (Å²) >= 11 is 0. The molecule has 1 heterocycles. The number of allylic oxidation sites excluding steroid dienone is 4. The summed E-state index contributed by atoms with van der Waals surface area (Å²) in [7, 11) is 0. The van der Waals surface area contributed by atoms with Gasteiger partial charge < -0.3 is 4.74 Å². The summed E-state index contributed by atoms with van der Waals surface area (Å²) < 4.78 is 4.70. The lowest BCUT2D eigenvalue weighted by Gasteiger charge is -2.11. The van der Waals surface area contributed by atoms with Crippen LogP contribution in [-0.2, 0) is 14.3 Å². The smallest absolute Gasteiger partial charge is 0.318 e. The molecule has 2 aliphatic carbocycles. The van der Waals surface area contributed by atoms with Crippen LogP contribution < -0.4 is 0 Å². The lowest BCUT2D eigenvalue weighted by Crippen LogP contribution is -2.21. The van der Waals surface area contributed by atoms with Crippen molar-refractivity contribution in [3.8, 4) is 0 Å². The van der Waals surface area contributed by atoms with Crippen LogP contribution in [0.3, 0.4) is 0 Å². The van der Waals surface area contributed by atoms with E-state index in [9.17, 15) is 9.59 Å².